The molecular formula is C21H22ClN3O3S. The largest absolute Gasteiger partial charge is 0.361 e. The molecule has 29 heavy (non-hydrogen) atoms. The van der Waals surface area contributed by atoms with Crippen molar-refractivity contribution in [2.75, 3.05) is 12.3 Å². The summed E-state index contributed by atoms with van der Waals surface area (Å²) in [5, 5.41) is 5.20. The van der Waals surface area contributed by atoms with Gasteiger partial charge in [-0.1, -0.05) is 61.0 Å². The molecule has 152 valence electrons. The molecule has 0 unspecified atom stereocenters. The van der Waals surface area contributed by atoms with Crippen molar-refractivity contribution in [3.8, 4) is 11.6 Å². The van der Waals surface area contributed by atoms with E-state index in [0.29, 0.717) is 23.7 Å². The highest BCUT2D eigenvalue weighted by atomic mass is 35.5. The van der Waals surface area contributed by atoms with Gasteiger partial charge in [0.25, 0.3) is 0 Å². The lowest BCUT2D eigenvalue weighted by Crippen LogP contribution is -2.25. The lowest BCUT2D eigenvalue weighted by Gasteiger charge is -2.20. The molecule has 6 nitrogen and oxygen atoms in total. The quantitative estimate of drug-likeness (QED) is 0.555. The van der Waals surface area contributed by atoms with E-state index in [1.54, 1.807) is 12.1 Å². The Hall–Kier alpha value is -2.35. The first kappa shape index (κ1) is 19.9. The molecule has 0 aliphatic carbocycles. The number of benzene rings is 2. The van der Waals surface area contributed by atoms with Crippen molar-refractivity contribution in [2.45, 2.75) is 26.4 Å². The van der Waals surface area contributed by atoms with Crippen LogP contribution >= 0.6 is 11.6 Å². The van der Waals surface area contributed by atoms with E-state index >= 15 is 0 Å². The Balaban J connectivity index is 1.71. The van der Waals surface area contributed by atoms with Gasteiger partial charge in [0, 0.05) is 18.7 Å². The van der Waals surface area contributed by atoms with Crippen LogP contribution in [0.2, 0.25) is 5.02 Å². The van der Waals surface area contributed by atoms with E-state index in [1.807, 2.05) is 30.3 Å². The molecule has 2 aromatic carbocycles. The number of fused-ring (bicyclic) bond motifs is 1. The van der Waals surface area contributed by atoms with Crippen LogP contribution in [-0.4, -0.2) is 35.4 Å². The predicted octanol–water partition coefficient (Wildman–Crippen LogP) is 3.81. The zero-order valence-corrected chi connectivity index (χ0v) is 17.7. The summed E-state index contributed by atoms with van der Waals surface area (Å²) in [5.74, 6) is 0.196. The Bertz CT molecular complexity index is 1110. The molecule has 1 aliphatic heterocycles. The Morgan fingerprint density at radius 1 is 1.10 bits per heavy atom. The lowest BCUT2D eigenvalue weighted by atomic mass is 10.1. The molecule has 0 saturated carbocycles. The number of hydrogen-bond acceptors (Lipinski definition) is 5. The van der Waals surface area contributed by atoms with E-state index < -0.39 is 10.1 Å². The predicted molar refractivity (Wildman–Crippen MR) is 113 cm³/mol. The van der Waals surface area contributed by atoms with Gasteiger partial charge in [-0.05, 0) is 30.7 Å². The number of rotatable bonds is 6. The van der Waals surface area contributed by atoms with Crippen LogP contribution in [0.1, 0.15) is 23.7 Å². The van der Waals surface area contributed by atoms with E-state index in [9.17, 15) is 8.42 Å². The molecule has 1 aliphatic rings. The Labute approximate surface area is 175 Å². The molecule has 3 aromatic rings. The van der Waals surface area contributed by atoms with Gasteiger partial charge in [0.2, 0.25) is 5.88 Å². The second kappa shape index (κ2) is 8.18. The van der Waals surface area contributed by atoms with Gasteiger partial charge in [-0.15, -0.1) is 0 Å². The van der Waals surface area contributed by atoms with Crippen molar-refractivity contribution >= 4 is 21.7 Å². The molecule has 0 fully saturated rings. The molecule has 8 heteroatoms. The van der Waals surface area contributed by atoms with Gasteiger partial charge < -0.3 is 4.18 Å². The lowest BCUT2D eigenvalue weighted by molar-refractivity contribution is 0.267. The molecule has 0 N–H and O–H groups in total. The van der Waals surface area contributed by atoms with Crippen molar-refractivity contribution in [3.05, 3.63) is 76.4 Å². The standard InChI is InChI=1S/C21H22ClN3O3S/c1-2-24(14-16-8-4-3-5-9-16)15-19-17-12-13-29(26,27)28-21(17)25(23-19)20-11-7-6-10-18(20)22/h3-11H,2,12-15H2,1H3. The van der Waals surface area contributed by atoms with Crippen molar-refractivity contribution in [1.29, 1.82) is 0 Å². The zero-order chi connectivity index (χ0) is 20.4. The van der Waals surface area contributed by atoms with Crippen LogP contribution in [0.25, 0.3) is 5.69 Å². The summed E-state index contributed by atoms with van der Waals surface area (Å²) in [6, 6.07) is 17.4. The molecule has 1 aromatic heterocycles. The van der Waals surface area contributed by atoms with E-state index in [-0.39, 0.29) is 11.6 Å². The second-order valence-corrected chi connectivity index (χ2v) is 9.08. The van der Waals surface area contributed by atoms with Crippen molar-refractivity contribution in [1.82, 2.24) is 14.7 Å². The summed E-state index contributed by atoms with van der Waals surface area (Å²) >= 11 is 6.35. The Kier molecular flexibility index (Phi) is 5.63. The third-order valence-corrected chi connectivity index (χ3v) is 6.41. The number of hydrogen-bond donors (Lipinski definition) is 0. The maximum absolute atomic E-state index is 12.1. The minimum atomic E-state index is -3.63. The van der Waals surface area contributed by atoms with Crippen molar-refractivity contribution < 1.29 is 12.6 Å². The van der Waals surface area contributed by atoms with Crippen LogP contribution in [0.15, 0.2) is 54.6 Å². The molecule has 0 bridgehead atoms. The van der Waals surface area contributed by atoms with Crippen LogP contribution in [0.4, 0.5) is 0 Å². The van der Waals surface area contributed by atoms with Crippen LogP contribution in [-0.2, 0) is 29.6 Å². The molecule has 0 atom stereocenters. The fourth-order valence-corrected chi connectivity index (χ4v) is 4.62. The first-order chi connectivity index (χ1) is 14.0. The third-order valence-electron chi connectivity index (χ3n) is 4.98. The monoisotopic (exact) mass is 431 g/mol. The fourth-order valence-electron chi connectivity index (χ4n) is 3.45. The summed E-state index contributed by atoms with van der Waals surface area (Å²) < 4.78 is 31.1. The Morgan fingerprint density at radius 3 is 2.55 bits per heavy atom. The third kappa shape index (κ3) is 4.32. The number of halogens is 1. The smallest absolute Gasteiger partial charge is 0.311 e. The topological polar surface area (TPSA) is 64.4 Å². The van der Waals surface area contributed by atoms with Gasteiger partial charge in [-0.25, -0.2) is 0 Å². The average Bonchev–Trinajstić information content (AvgIpc) is 3.04. The summed E-state index contributed by atoms with van der Waals surface area (Å²) in [5.41, 5.74) is 3.45. The molecular weight excluding hydrogens is 410 g/mol. The van der Waals surface area contributed by atoms with Crippen LogP contribution in [0, 0.1) is 0 Å². The van der Waals surface area contributed by atoms with E-state index in [0.717, 1.165) is 24.3 Å². The molecule has 4 rings (SSSR count). The molecule has 0 spiro atoms. The van der Waals surface area contributed by atoms with Gasteiger partial charge in [0.1, 0.15) is 0 Å². The van der Waals surface area contributed by atoms with E-state index in [4.69, 9.17) is 20.9 Å². The first-order valence-electron chi connectivity index (χ1n) is 9.51. The minimum Gasteiger partial charge on any atom is -0.361 e. The molecule has 2 heterocycles. The van der Waals surface area contributed by atoms with Gasteiger partial charge in [-0.2, -0.15) is 18.2 Å². The van der Waals surface area contributed by atoms with E-state index in [1.165, 1.54) is 10.2 Å². The maximum atomic E-state index is 12.1. The highest BCUT2D eigenvalue weighted by Crippen LogP contribution is 2.34. The number of aromatic nitrogens is 2. The van der Waals surface area contributed by atoms with Crippen LogP contribution < -0.4 is 4.18 Å². The first-order valence-corrected chi connectivity index (χ1v) is 11.5. The fraction of sp³-hybridized carbons (Fsp3) is 0.286. The van der Waals surface area contributed by atoms with Crippen LogP contribution in [0.3, 0.4) is 0 Å². The zero-order valence-electron chi connectivity index (χ0n) is 16.1. The number of para-hydroxylation sites is 1. The average molecular weight is 432 g/mol. The van der Waals surface area contributed by atoms with Crippen molar-refractivity contribution in [3.63, 3.8) is 0 Å². The summed E-state index contributed by atoms with van der Waals surface area (Å²) in [7, 11) is -3.63. The summed E-state index contributed by atoms with van der Waals surface area (Å²) in [6.45, 7) is 4.31. The molecule has 0 radical (unpaired) electrons. The SMILES string of the molecule is CCN(Cc1ccccc1)Cc1nn(-c2ccccc2Cl)c2c1CCS(=O)(=O)O2. The summed E-state index contributed by atoms with van der Waals surface area (Å²) in [6.07, 6.45) is 0.375. The van der Waals surface area contributed by atoms with Crippen molar-refractivity contribution in [2.24, 2.45) is 0 Å². The number of nitrogens with zero attached hydrogens (tertiary/aromatic N) is 3. The molecule has 0 amide bonds. The van der Waals surface area contributed by atoms with Gasteiger partial charge in [-0.3, -0.25) is 4.90 Å². The highest BCUT2D eigenvalue weighted by Gasteiger charge is 2.31. The maximum Gasteiger partial charge on any atom is 0.311 e. The highest BCUT2D eigenvalue weighted by molar-refractivity contribution is 7.87. The van der Waals surface area contributed by atoms with Crippen LogP contribution in [0.5, 0.6) is 5.88 Å². The second-order valence-electron chi connectivity index (χ2n) is 6.98. The van der Waals surface area contributed by atoms with E-state index in [2.05, 4.69) is 24.0 Å². The van der Waals surface area contributed by atoms with Gasteiger partial charge >= 0.3 is 10.1 Å². The minimum absolute atomic E-state index is 0.0496. The molecule has 0 saturated heterocycles. The Morgan fingerprint density at radius 2 is 1.83 bits per heavy atom. The summed E-state index contributed by atoms with van der Waals surface area (Å²) in [4.78, 5) is 2.26. The van der Waals surface area contributed by atoms with Gasteiger partial charge in [0.15, 0.2) is 0 Å². The van der Waals surface area contributed by atoms with Gasteiger partial charge in [0.05, 0.1) is 22.2 Å². The normalized spacial score (nSPS) is 15.1.